The van der Waals surface area contributed by atoms with E-state index in [1.54, 1.807) is 11.3 Å². The summed E-state index contributed by atoms with van der Waals surface area (Å²) in [5.74, 6) is 1.26. The standard InChI is InChI=1S/C18H21N5S/c1-13-14(2)24-18(19-13)23-21-17(15-9-5-3-6-10-15)20-22(23)16-11-7-4-8-12-16/h3-9,11,15-16H,10,12H2,1-2H3,(H,20,21). The van der Waals surface area contributed by atoms with Crippen LogP contribution >= 0.6 is 11.3 Å². The third-order valence-electron chi connectivity index (χ3n) is 4.43. The maximum absolute atomic E-state index is 4.86. The lowest BCUT2D eigenvalue weighted by Gasteiger charge is -2.30. The third kappa shape index (κ3) is 2.83. The minimum absolute atomic E-state index is 0.226. The molecule has 3 aliphatic rings. The second kappa shape index (κ2) is 6.37. The molecular formula is C18H21N5S. The lowest BCUT2D eigenvalue weighted by molar-refractivity contribution is 0.191. The van der Waals surface area contributed by atoms with E-state index in [4.69, 9.17) is 10.1 Å². The van der Waals surface area contributed by atoms with Gasteiger partial charge in [0.1, 0.15) is 5.84 Å². The number of aromatic nitrogens is 1. The topological polar surface area (TPSA) is 43.8 Å². The first-order valence-corrected chi connectivity index (χ1v) is 9.09. The molecular weight excluding hydrogens is 318 g/mol. The Kier molecular flexibility index (Phi) is 4.08. The van der Waals surface area contributed by atoms with Crippen LogP contribution in [0.3, 0.4) is 0 Å². The van der Waals surface area contributed by atoms with Crippen molar-refractivity contribution in [2.24, 2.45) is 11.0 Å². The molecule has 0 saturated carbocycles. The van der Waals surface area contributed by atoms with Crippen LogP contribution in [0.4, 0.5) is 5.13 Å². The fraction of sp³-hybridized carbons (Fsp3) is 0.333. The van der Waals surface area contributed by atoms with E-state index in [0.717, 1.165) is 29.5 Å². The highest BCUT2D eigenvalue weighted by Gasteiger charge is 2.34. The van der Waals surface area contributed by atoms with Gasteiger partial charge in [0.15, 0.2) is 0 Å². The predicted octanol–water partition coefficient (Wildman–Crippen LogP) is 3.63. The smallest absolute Gasteiger partial charge is 0.224 e. The molecule has 0 radical (unpaired) electrons. The van der Waals surface area contributed by atoms with Crippen LogP contribution in [0.2, 0.25) is 0 Å². The molecule has 1 aliphatic heterocycles. The molecule has 0 amide bonds. The molecule has 0 saturated heterocycles. The van der Waals surface area contributed by atoms with Crippen LogP contribution in [0.5, 0.6) is 0 Å². The number of thiazole rings is 1. The number of rotatable bonds is 3. The summed E-state index contributed by atoms with van der Waals surface area (Å²) in [7, 11) is 0. The first kappa shape index (κ1) is 15.4. The van der Waals surface area contributed by atoms with Gasteiger partial charge in [-0.25, -0.2) is 4.98 Å². The van der Waals surface area contributed by atoms with Gasteiger partial charge in [-0.15, -0.1) is 15.3 Å². The van der Waals surface area contributed by atoms with Gasteiger partial charge in [0.2, 0.25) is 5.13 Å². The molecule has 1 aromatic rings. The Morgan fingerprint density at radius 1 is 1.08 bits per heavy atom. The molecule has 2 aliphatic carbocycles. The van der Waals surface area contributed by atoms with Crippen molar-refractivity contribution in [1.82, 2.24) is 15.5 Å². The molecule has 5 nitrogen and oxygen atoms in total. The van der Waals surface area contributed by atoms with E-state index in [1.165, 1.54) is 4.88 Å². The van der Waals surface area contributed by atoms with Gasteiger partial charge < -0.3 is 0 Å². The number of aryl methyl sites for hydroxylation is 2. The number of hydrazine groups is 2. The summed E-state index contributed by atoms with van der Waals surface area (Å²) >= 11 is 1.68. The van der Waals surface area contributed by atoms with E-state index in [1.807, 2.05) is 12.0 Å². The fourth-order valence-electron chi connectivity index (χ4n) is 2.93. The van der Waals surface area contributed by atoms with E-state index in [-0.39, 0.29) is 12.0 Å². The number of nitrogens with zero attached hydrogens (tertiary/aromatic N) is 4. The molecule has 0 bridgehead atoms. The van der Waals surface area contributed by atoms with Crippen LogP contribution in [0.15, 0.2) is 53.7 Å². The van der Waals surface area contributed by atoms with Gasteiger partial charge in [-0.2, -0.15) is 0 Å². The zero-order valence-corrected chi connectivity index (χ0v) is 14.7. The molecule has 2 heterocycles. The van der Waals surface area contributed by atoms with Crippen LogP contribution in [0, 0.1) is 19.8 Å². The second-order valence-electron chi connectivity index (χ2n) is 6.14. The van der Waals surface area contributed by atoms with Crippen molar-refractivity contribution < 1.29 is 0 Å². The Bertz CT molecular complexity index is 751. The molecule has 0 aromatic carbocycles. The van der Waals surface area contributed by atoms with Crippen molar-refractivity contribution in [2.45, 2.75) is 32.7 Å². The van der Waals surface area contributed by atoms with Gasteiger partial charge in [-0.05, 0) is 26.7 Å². The Balaban J connectivity index is 1.65. The third-order valence-corrected chi connectivity index (χ3v) is 5.47. The fourth-order valence-corrected chi connectivity index (χ4v) is 3.79. The molecule has 2 atom stereocenters. The highest BCUT2D eigenvalue weighted by molar-refractivity contribution is 7.15. The number of hydrogen-bond donors (Lipinski definition) is 1. The molecule has 24 heavy (non-hydrogen) atoms. The quantitative estimate of drug-likeness (QED) is 0.913. The summed E-state index contributed by atoms with van der Waals surface area (Å²) in [6.07, 6.45) is 19.0. The van der Waals surface area contributed by atoms with Crippen LogP contribution in [-0.4, -0.2) is 22.0 Å². The van der Waals surface area contributed by atoms with Gasteiger partial charge in [-0.3, -0.25) is 5.43 Å². The maximum Gasteiger partial charge on any atom is 0.224 e. The second-order valence-corrected chi connectivity index (χ2v) is 7.32. The van der Waals surface area contributed by atoms with Crippen LogP contribution in [0.25, 0.3) is 0 Å². The molecule has 1 N–H and O–H groups in total. The van der Waals surface area contributed by atoms with Gasteiger partial charge >= 0.3 is 0 Å². The Hall–Kier alpha value is -2.18. The number of anilines is 1. The monoisotopic (exact) mass is 339 g/mol. The average molecular weight is 339 g/mol. The molecule has 6 heteroatoms. The predicted molar refractivity (Wildman–Crippen MR) is 99.5 cm³/mol. The molecule has 2 unspecified atom stereocenters. The van der Waals surface area contributed by atoms with Gasteiger partial charge in [-0.1, -0.05) is 59.9 Å². The van der Waals surface area contributed by atoms with Crippen LogP contribution in [-0.2, 0) is 0 Å². The molecule has 1 aromatic heterocycles. The van der Waals surface area contributed by atoms with Gasteiger partial charge in [0.05, 0.1) is 11.7 Å². The molecule has 124 valence electrons. The molecule has 4 rings (SSSR count). The van der Waals surface area contributed by atoms with Crippen LogP contribution < -0.4 is 10.5 Å². The van der Waals surface area contributed by atoms with Crippen LogP contribution in [0.1, 0.15) is 23.4 Å². The van der Waals surface area contributed by atoms with Crippen molar-refractivity contribution in [2.75, 3.05) is 5.12 Å². The number of amidine groups is 1. The van der Waals surface area contributed by atoms with Crippen molar-refractivity contribution in [3.8, 4) is 0 Å². The number of hydrazone groups is 1. The summed E-state index contributed by atoms with van der Waals surface area (Å²) in [5, 5.41) is 9.80. The normalized spacial score (nSPS) is 26.1. The van der Waals surface area contributed by atoms with E-state index in [9.17, 15) is 0 Å². The van der Waals surface area contributed by atoms with E-state index in [2.05, 4.69) is 66.1 Å². The summed E-state index contributed by atoms with van der Waals surface area (Å²) in [4.78, 5) is 5.93. The van der Waals surface area contributed by atoms with Gasteiger partial charge in [0.25, 0.3) is 0 Å². The van der Waals surface area contributed by atoms with Gasteiger partial charge in [0, 0.05) is 10.8 Å². The molecule has 0 fully saturated rings. The van der Waals surface area contributed by atoms with Crippen molar-refractivity contribution in [3.05, 3.63) is 59.2 Å². The average Bonchev–Trinajstić information content (AvgIpc) is 3.21. The largest absolute Gasteiger partial charge is 0.284 e. The SMILES string of the molecule is Cc1nc(N2N=C(C3C=CC=CC3)NN2C2C=CC=CC2)sc1C. The lowest BCUT2D eigenvalue weighted by atomic mass is 10.00. The van der Waals surface area contributed by atoms with E-state index >= 15 is 0 Å². The highest BCUT2D eigenvalue weighted by atomic mass is 32.1. The number of allylic oxidation sites excluding steroid dienone is 5. The van der Waals surface area contributed by atoms with E-state index in [0.29, 0.717) is 0 Å². The number of nitrogens with one attached hydrogen (secondary N) is 1. The molecule has 0 spiro atoms. The summed E-state index contributed by atoms with van der Waals surface area (Å²) in [6.45, 7) is 4.15. The van der Waals surface area contributed by atoms with E-state index < -0.39 is 0 Å². The lowest BCUT2D eigenvalue weighted by Crippen LogP contribution is -2.51. The zero-order valence-electron chi connectivity index (χ0n) is 13.9. The van der Waals surface area contributed by atoms with Crippen molar-refractivity contribution >= 4 is 22.3 Å². The number of hydrogen-bond acceptors (Lipinski definition) is 6. The summed E-state index contributed by atoms with van der Waals surface area (Å²) in [6, 6.07) is 0.226. The highest BCUT2D eigenvalue weighted by Crippen LogP contribution is 2.31. The van der Waals surface area contributed by atoms with Crippen molar-refractivity contribution in [1.29, 1.82) is 0 Å². The summed E-state index contributed by atoms with van der Waals surface area (Å²) in [5.41, 5.74) is 4.58. The Morgan fingerprint density at radius 3 is 2.50 bits per heavy atom. The maximum atomic E-state index is 4.86. The van der Waals surface area contributed by atoms with Crippen molar-refractivity contribution in [3.63, 3.8) is 0 Å². The first-order valence-electron chi connectivity index (χ1n) is 8.27. The summed E-state index contributed by atoms with van der Waals surface area (Å²) < 4.78 is 0. The zero-order chi connectivity index (χ0) is 16.5. The Labute approximate surface area is 146 Å². The first-order chi connectivity index (χ1) is 11.7. The minimum atomic E-state index is 0.226. The Morgan fingerprint density at radius 2 is 1.88 bits per heavy atom. The minimum Gasteiger partial charge on any atom is -0.284 e.